The summed E-state index contributed by atoms with van der Waals surface area (Å²) in [6.45, 7) is 0. The Kier molecular flexibility index (Phi) is 4.34. The maximum atomic E-state index is 13.9. The normalized spacial score (nSPS) is 12.2. The molecule has 2 N–H and O–H groups in total. The van der Waals surface area contributed by atoms with Crippen molar-refractivity contribution in [3.63, 3.8) is 0 Å². The first-order valence-corrected chi connectivity index (χ1v) is 7.09. The lowest BCUT2D eigenvalue weighted by molar-refractivity contribution is 0.385. The number of hydrogen-bond acceptors (Lipinski definition) is 3. The third-order valence-corrected chi connectivity index (χ3v) is 4.04. The molecule has 0 spiro atoms. The number of nitrogen functional groups attached to an aromatic ring is 1. The average Bonchev–Trinajstić information content (AvgIpc) is 2.40. The third kappa shape index (κ3) is 3.14. The van der Waals surface area contributed by atoms with E-state index < -0.39 is 22.4 Å². The van der Waals surface area contributed by atoms with Gasteiger partial charge < -0.3 is 10.5 Å². The molecule has 6 heteroatoms. The molecule has 20 heavy (non-hydrogen) atoms. The molecular weight excluding hydrogens is 284 g/mol. The Morgan fingerprint density at radius 2 is 2.00 bits per heavy atom. The monoisotopic (exact) mass is 297 g/mol. The first-order valence-electron chi connectivity index (χ1n) is 5.77. The number of methoxy groups -OCH3 is 1. The van der Waals surface area contributed by atoms with Crippen LogP contribution in [0.4, 0.5) is 14.5 Å². The molecule has 0 aliphatic heterocycles. The van der Waals surface area contributed by atoms with Gasteiger partial charge in [-0.15, -0.1) is 0 Å². The number of anilines is 1. The molecule has 0 amide bonds. The SMILES string of the molecule is COc1cccc(CS(=O)c2cc(N)cc(F)c2)c1F. The van der Waals surface area contributed by atoms with Crippen molar-refractivity contribution < 1.29 is 17.7 Å². The van der Waals surface area contributed by atoms with Crippen LogP contribution in [0.2, 0.25) is 0 Å². The van der Waals surface area contributed by atoms with Crippen LogP contribution in [0.3, 0.4) is 0 Å². The van der Waals surface area contributed by atoms with Crippen molar-refractivity contribution >= 4 is 16.5 Å². The fourth-order valence-corrected chi connectivity index (χ4v) is 2.95. The number of benzene rings is 2. The maximum Gasteiger partial charge on any atom is 0.169 e. The van der Waals surface area contributed by atoms with Crippen molar-refractivity contribution in [2.45, 2.75) is 10.6 Å². The molecule has 0 fully saturated rings. The molecule has 0 saturated heterocycles. The van der Waals surface area contributed by atoms with Crippen LogP contribution in [0.1, 0.15) is 5.56 Å². The number of rotatable bonds is 4. The summed E-state index contributed by atoms with van der Waals surface area (Å²) in [7, 11) is -0.237. The second kappa shape index (κ2) is 6.00. The van der Waals surface area contributed by atoms with E-state index in [1.807, 2.05) is 0 Å². The van der Waals surface area contributed by atoms with E-state index in [1.54, 1.807) is 6.07 Å². The van der Waals surface area contributed by atoms with Gasteiger partial charge in [0.2, 0.25) is 0 Å². The summed E-state index contributed by atoms with van der Waals surface area (Å²) in [4.78, 5) is 0.227. The lowest BCUT2D eigenvalue weighted by atomic mass is 10.2. The van der Waals surface area contributed by atoms with Gasteiger partial charge in [0, 0.05) is 16.1 Å². The number of halogens is 2. The molecule has 1 unspecified atom stereocenters. The van der Waals surface area contributed by atoms with Gasteiger partial charge in [-0.3, -0.25) is 4.21 Å². The van der Waals surface area contributed by atoms with Crippen molar-refractivity contribution in [1.82, 2.24) is 0 Å². The van der Waals surface area contributed by atoms with Gasteiger partial charge in [-0.2, -0.15) is 0 Å². The topological polar surface area (TPSA) is 52.3 Å². The molecule has 0 aromatic heterocycles. The third-order valence-electron chi connectivity index (χ3n) is 2.71. The molecular formula is C14H13F2NO2S. The minimum atomic E-state index is -1.59. The summed E-state index contributed by atoms with van der Waals surface area (Å²) in [5, 5.41) is 0. The summed E-state index contributed by atoms with van der Waals surface area (Å²) in [6.07, 6.45) is 0. The van der Waals surface area contributed by atoms with Gasteiger partial charge >= 0.3 is 0 Å². The molecule has 3 nitrogen and oxygen atoms in total. The van der Waals surface area contributed by atoms with Crippen molar-refractivity contribution in [3.05, 3.63) is 53.6 Å². The summed E-state index contributed by atoms with van der Waals surface area (Å²) in [5.41, 5.74) is 5.92. The van der Waals surface area contributed by atoms with E-state index in [0.717, 1.165) is 12.1 Å². The molecule has 1 atom stereocenters. The van der Waals surface area contributed by atoms with E-state index in [4.69, 9.17) is 10.5 Å². The predicted octanol–water partition coefficient (Wildman–Crippen LogP) is 2.86. The first kappa shape index (κ1) is 14.5. The first-order chi connectivity index (χ1) is 9.51. The Balaban J connectivity index is 2.28. The van der Waals surface area contributed by atoms with Gasteiger partial charge in [0.25, 0.3) is 0 Å². The molecule has 2 aromatic carbocycles. The summed E-state index contributed by atoms with van der Waals surface area (Å²) < 4.78 is 44.2. The molecule has 0 radical (unpaired) electrons. The van der Waals surface area contributed by atoms with Crippen LogP contribution >= 0.6 is 0 Å². The summed E-state index contributed by atoms with van der Waals surface area (Å²) in [5.74, 6) is -1.13. The summed E-state index contributed by atoms with van der Waals surface area (Å²) in [6, 6.07) is 8.27. The minimum Gasteiger partial charge on any atom is -0.494 e. The second-order valence-corrected chi connectivity index (χ2v) is 5.59. The Hall–Kier alpha value is -1.95. The second-order valence-electron chi connectivity index (χ2n) is 4.14. The Morgan fingerprint density at radius 1 is 1.25 bits per heavy atom. The van der Waals surface area contributed by atoms with Gasteiger partial charge in [0.15, 0.2) is 11.6 Å². The van der Waals surface area contributed by atoms with E-state index in [9.17, 15) is 13.0 Å². The molecule has 0 aliphatic rings. The average molecular weight is 297 g/mol. The van der Waals surface area contributed by atoms with E-state index >= 15 is 0 Å². The van der Waals surface area contributed by atoms with Crippen LogP contribution in [-0.4, -0.2) is 11.3 Å². The van der Waals surface area contributed by atoms with Crippen LogP contribution in [0.5, 0.6) is 5.75 Å². The van der Waals surface area contributed by atoms with Gasteiger partial charge in [-0.25, -0.2) is 8.78 Å². The predicted molar refractivity (Wildman–Crippen MR) is 73.9 cm³/mol. The van der Waals surface area contributed by atoms with Crippen molar-refractivity contribution in [2.75, 3.05) is 12.8 Å². The van der Waals surface area contributed by atoms with Gasteiger partial charge in [-0.1, -0.05) is 12.1 Å². The maximum absolute atomic E-state index is 13.9. The highest BCUT2D eigenvalue weighted by Crippen LogP contribution is 2.23. The standard InChI is InChI=1S/C14H13F2NO2S/c1-19-13-4-2-3-9(14(13)16)8-20(18)12-6-10(15)5-11(17)7-12/h2-7H,8,17H2,1H3. The Labute approximate surface area is 117 Å². The zero-order valence-corrected chi connectivity index (χ0v) is 11.5. The summed E-state index contributed by atoms with van der Waals surface area (Å²) >= 11 is 0. The van der Waals surface area contributed by atoms with Crippen molar-refractivity contribution in [2.24, 2.45) is 0 Å². The fraction of sp³-hybridized carbons (Fsp3) is 0.143. The van der Waals surface area contributed by atoms with Gasteiger partial charge in [-0.05, 0) is 24.3 Å². The van der Waals surface area contributed by atoms with E-state index in [2.05, 4.69) is 0 Å². The number of ether oxygens (including phenoxy) is 1. The number of hydrogen-bond donors (Lipinski definition) is 1. The molecule has 0 bridgehead atoms. The smallest absolute Gasteiger partial charge is 0.169 e. The van der Waals surface area contributed by atoms with Crippen LogP contribution in [0.25, 0.3) is 0 Å². The molecule has 2 aromatic rings. The highest BCUT2D eigenvalue weighted by atomic mass is 32.2. The molecule has 2 rings (SSSR count). The van der Waals surface area contributed by atoms with Gasteiger partial charge in [0.1, 0.15) is 5.82 Å². The number of nitrogens with two attached hydrogens (primary N) is 1. The zero-order chi connectivity index (χ0) is 14.7. The van der Waals surface area contributed by atoms with Crippen molar-refractivity contribution in [3.8, 4) is 5.75 Å². The fourth-order valence-electron chi connectivity index (χ4n) is 1.77. The van der Waals surface area contributed by atoms with E-state index in [-0.39, 0.29) is 27.6 Å². The highest BCUT2D eigenvalue weighted by molar-refractivity contribution is 7.84. The van der Waals surface area contributed by atoms with E-state index in [1.165, 1.54) is 25.3 Å². The molecule has 0 heterocycles. The van der Waals surface area contributed by atoms with Crippen LogP contribution in [0.15, 0.2) is 41.3 Å². The minimum absolute atomic E-state index is 0.0775. The lowest BCUT2D eigenvalue weighted by Crippen LogP contribution is -2.02. The largest absolute Gasteiger partial charge is 0.494 e. The lowest BCUT2D eigenvalue weighted by Gasteiger charge is -2.08. The van der Waals surface area contributed by atoms with Crippen LogP contribution in [0, 0.1) is 11.6 Å². The van der Waals surface area contributed by atoms with Crippen LogP contribution in [-0.2, 0) is 16.6 Å². The molecule has 106 valence electrons. The highest BCUT2D eigenvalue weighted by Gasteiger charge is 2.13. The van der Waals surface area contributed by atoms with Crippen LogP contribution < -0.4 is 10.5 Å². The Bertz CT molecular complexity index is 641. The van der Waals surface area contributed by atoms with E-state index in [0.29, 0.717) is 0 Å². The molecule has 0 aliphatic carbocycles. The quantitative estimate of drug-likeness (QED) is 0.883. The van der Waals surface area contributed by atoms with Crippen molar-refractivity contribution in [1.29, 1.82) is 0 Å². The molecule has 0 saturated carbocycles. The Morgan fingerprint density at radius 3 is 2.65 bits per heavy atom. The van der Waals surface area contributed by atoms with Gasteiger partial charge in [0.05, 0.1) is 23.7 Å². The zero-order valence-electron chi connectivity index (χ0n) is 10.7.